The van der Waals surface area contributed by atoms with Gasteiger partial charge in [0.15, 0.2) is 0 Å². The third-order valence-electron chi connectivity index (χ3n) is 8.94. The summed E-state index contributed by atoms with van der Waals surface area (Å²) in [7, 11) is 1.39. The van der Waals surface area contributed by atoms with Gasteiger partial charge in [-0.05, 0) is 61.1 Å². The van der Waals surface area contributed by atoms with Crippen molar-refractivity contribution in [3.05, 3.63) is 88.6 Å². The molecule has 7 rings (SSSR count). The first kappa shape index (κ1) is 27.5. The second kappa shape index (κ2) is 11.4. The van der Waals surface area contributed by atoms with E-state index in [4.69, 9.17) is 29.4 Å². The zero-order valence-corrected chi connectivity index (χ0v) is 23.9. The quantitative estimate of drug-likeness (QED) is 0.259. The Morgan fingerprint density at radius 1 is 1.14 bits per heavy atom. The van der Waals surface area contributed by atoms with Crippen molar-refractivity contribution in [2.24, 2.45) is 11.8 Å². The van der Waals surface area contributed by atoms with Crippen molar-refractivity contribution in [3.8, 4) is 11.9 Å². The van der Waals surface area contributed by atoms with Crippen LogP contribution in [0.15, 0.2) is 54.6 Å². The van der Waals surface area contributed by atoms with Crippen LogP contribution in [0.3, 0.4) is 0 Å². The minimum atomic E-state index is -0.458. The Morgan fingerprint density at radius 2 is 2.00 bits per heavy atom. The Labute approximate surface area is 248 Å². The molecule has 10 heteroatoms. The minimum absolute atomic E-state index is 0.0489. The summed E-state index contributed by atoms with van der Waals surface area (Å²) in [6.45, 7) is 4.17. The van der Waals surface area contributed by atoms with Crippen molar-refractivity contribution in [1.29, 1.82) is 5.26 Å². The molecule has 2 aromatic heterocycles. The van der Waals surface area contributed by atoms with Crippen molar-refractivity contribution in [3.63, 3.8) is 0 Å². The normalized spacial score (nSPS) is 22.8. The molecule has 2 saturated heterocycles. The molecule has 220 valence electrons. The molecule has 3 aliphatic rings. The van der Waals surface area contributed by atoms with Gasteiger partial charge in [-0.15, -0.1) is 0 Å². The molecule has 0 radical (unpaired) electrons. The predicted molar refractivity (Wildman–Crippen MR) is 155 cm³/mol. The number of piperidine rings is 1. The number of hydrogen-bond donors (Lipinski definition) is 0. The summed E-state index contributed by atoms with van der Waals surface area (Å²) in [5.41, 5.74) is 3.98. The predicted octanol–water partition coefficient (Wildman–Crippen LogP) is 4.83. The summed E-state index contributed by atoms with van der Waals surface area (Å²) in [6.07, 6.45) is 2.22. The number of methoxy groups -OCH3 is 1. The van der Waals surface area contributed by atoms with Gasteiger partial charge in [0, 0.05) is 42.9 Å². The van der Waals surface area contributed by atoms with Crippen LogP contribution in [0.1, 0.15) is 51.8 Å². The Bertz CT molecular complexity index is 1710. The molecule has 1 aliphatic carbocycles. The van der Waals surface area contributed by atoms with Crippen LogP contribution >= 0.6 is 0 Å². The van der Waals surface area contributed by atoms with Crippen LogP contribution in [0, 0.1) is 29.0 Å². The third-order valence-corrected chi connectivity index (χ3v) is 8.94. The van der Waals surface area contributed by atoms with Gasteiger partial charge in [0.1, 0.15) is 18.2 Å². The molecule has 43 heavy (non-hydrogen) atoms. The molecule has 2 aliphatic heterocycles. The number of carbonyl (C=O) groups excluding carboxylic acids is 1. The molecule has 3 fully saturated rings. The number of rotatable bonds is 9. The second-order valence-corrected chi connectivity index (χ2v) is 11.6. The van der Waals surface area contributed by atoms with Crippen molar-refractivity contribution in [2.75, 3.05) is 26.8 Å². The Hall–Kier alpha value is -4.33. The number of halogens is 1. The minimum Gasteiger partial charge on any atom is -0.473 e. The summed E-state index contributed by atoms with van der Waals surface area (Å²) in [5.74, 6) is 2.04. The number of fused-ring (bicyclic) bond motifs is 2. The molecule has 9 nitrogen and oxygen atoms in total. The average molecular weight is 582 g/mol. The van der Waals surface area contributed by atoms with E-state index < -0.39 is 5.82 Å². The van der Waals surface area contributed by atoms with Crippen LogP contribution in [0.5, 0.6) is 5.88 Å². The lowest BCUT2D eigenvalue weighted by molar-refractivity contribution is 0.0601. The number of benzene rings is 2. The fraction of sp³-hybridized carbons (Fsp3) is 0.394. The molecule has 4 heterocycles. The smallest absolute Gasteiger partial charge is 0.337 e. The molecule has 0 bridgehead atoms. The van der Waals surface area contributed by atoms with Gasteiger partial charge in [0.2, 0.25) is 5.88 Å². The van der Waals surface area contributed by atoms with Gasteiger partial charge in [-0.3, -0.25) is 4.90 Å². The number of hydrogen-bond acceptors (Lipinski definition) is 8. The third kappa shape index (κ3) is 5.46. The number of nitrogens with zero attached hydrogens (tertiary/aromatic N) is 5. The molecule has 1 unspecified atom stereocenters. The highest BCUT2D eigenvalue weighted by molar-refractivity contribution is 5.93. The van der Waals surface area contributed by atoms with Crippen molar-refractivity contribution in [2.45, 2.75) is 44.6 Å². The maximum absolute atomic E-state index is 14.3. The first-order valence-corrected chi connectivity index (χ1v) is 14.7. The SMILES string of the molecule is COC(=O)c1ccc2nc(CN3C[C@@H]4C(c5cccc(OCc6ccc(C#N)cc6F)n5)[C@@H]4C3)n(C[C@@H]3CCCO3)c2c1. The Kier molecular flexibility index (Phi) is 7.29. The topological polar surface area (TPSA) is 102 Å². The van der Waals surface area contributed by atoms with Crippen LogP contribution in [-0.4, -0.2) is 58.3 Å². The molecule has 0 spiro atoms. The highest BCUT2D eigenvalue weighted by Crippen LogP contribution is 2.58. The van der Waals surface area contributed by atoms with Gasteiger partial charge in [-0.25, -0.2) is 19.2 Å². The summed E-state index contributed by atoms with van der Waals surface area (Å²) in [4.78, 5) is 24.4. The monoisotopic (exact) mass is 581 g/mol. The van der Waals surface area contributed by atoms with E-state index in [0.717, 1.165) is 61.6 Å². The highest BCUT2D eigenvalue weighted by atomic mass is 19.1. The fourth-order valence-corrected chi connectivity index (χ4v) is 6.70. The van der Waals surface area contributed by atoms with Gasteiger partial charge in [-0.2, -0.15) is 5.26 Å². The summed E-state index contributed by atoms with van der Waals surface area (Å²) in [5, 5.41) is 8.95. The lowest BCUT2D eigenvalue weighted by atomic mass is 10.1. The largest absolute Gasteiger partial charge is 0.473 e. The molecule has 1 saturated carbocycles. The lowest BCUT2D eigenvalue weighted by Crippen LogP contribution is -2.27. The van der Waals surface area contributed by atoms with Crippen LogP contribution in [-0.2, 0) is 29.2 Å². The number of likely N-dealkylation sites (tertiary alicyclic amines) is 1. The van der Waals surface area contributed by atoms with E-state index >= 15 is 0 Å². The van der Waals surface area contributed by atoms with Crippen molar-refractivity contribution < 1.29 is 23.4 Å². The van der Waals surface area contributed by atoms with Gasteiger partial charge >= 0.3 is 5.97 Å². The van der Waals surface area contributed by atoms with Crippen LogP contribution in [0.2, 0.25) is 0 Å². The van der Waals surface area contributed by atoms with E-state index in [1.807, 2.05) is 30.3 Å². The molecular formula is C33H32FN5O4. The van der Waals surface area contributed by atoms with Gasteiger partial charge in [-0.1, -0.05) is 12.1 Å². The van der Waals surface area contributed by atoms with Crippen molar-refractivity contribution in [1.82, 2.24) is 19.4 Å². The maximum Gasteiger partial charge on any atom is 0.337 e. The van der Waals surface area contributed by atoms with Crippen LogP contribution in [0.4, 0.5) is 4.39 Å². The van der Waals surface area contributed by atoms with Gasteiger partial charge in [0.05, 0.1) is 54.5 Å². The van der Waals surface area contributed by atoms with Crippen LogP contribution in [0.25, 0.3) is 11.0 Å². The Morgan fingerprint density at radius 3 is 2.74 bits per heavy atom. The fourth-order valence-electron chi connectivity index (χ4n) is 6.70. The van der Waals surface area contributed by atoms with Gasteiger partial charge < -0.3 is 18.8 Å². The lowest BCUT2D eigenvalue weighted by Gasteiger charge is -2.21. The summed E-state index contributed by atoms with van der Waals surface area (Å²) < 4.78 is 33.2. The average Bonchev–Trinajstić information content (AvgIpc) is 3.42. The number of esters is 1. The number of imidazole rings is 1. The molecule has 0 amide bonds. The Balaban J connectivity index is 1.02. The number of nitriles is 1. The zero-order valence-electron chi connectivity index (χ0n) is 23.9. The van der Waals surface area contributed by atoms with E-state index in [0.29, 0.717) is 41.3 Å². The molecular weight excluding hydrogens is 549 g/mol. The second-order valence-electron chi connectivity index (χ2n) is 11.6. The van der Waals surface area contributed by atoms with Gasteiger partial charge in [0.25, 0.3) is 0 Å². The summed E-state index contributed by atoms with van der Waals surface area (Å²) in [6, 6.07) is 17.6. The molecule has 4 aromatic rings. The molecule has 4 atom stereocenters. The van der Waals surface area contributed by atoms with E-state index in [1.54, 1.807) is 24.3 Å². The summed E-state index contributed by atoms with van der Waals surface area (Å²) >= 11 is 0. The maximum atomic E-state index is 14.3. The first-order chi connectivity index (χ1) is 21.0. The van der Waals surface area contributed by atoms with Crippen molar-refractivity contribution >= 4 is 17.0 Å². The van der Waals surface area contributed by atoms with E-state index in [9.17, 15) is 9.18 Å². The van der Waals surface area contributed by atoms with E-state index in [2.05, 4.69) is 9.47 Å². The zero-order chi connectivity index (χ0) is 29.5. The number of carbonyl (C=O) groups is 1. The number of ether oxygens (including phenoxy) is 3. The van der Waals surface area contributed by atoms with E-state index in [-0.39, 0.29) is 24.2 Å². The number of aromatic nitrogens is 3. The van der Waals surface area contributed by atoms with Crippen LogP contribution < -0.4 is 4.74 Å². The number of pyridine rings is 1. The standard InChI is InChI=1S/C33H32FN5O4/c1-41-33(40)21-9-10-27-29(13-21)39(15-23-4-3-11-42-23)30(36-27)18-38-16-24-25(17-38)32(24)28-5-2-6-31(37-28)43-19-22-8-7-20(14-35)12-26(22)34/h2,5-10,12-13,23-25,32H,3-4,11,15-19H2,1H3/t23-,24-,25+,32?/m0/s1. The first-order valence-electron chi connectivity index (χ1n) is 14.7. The molecule has 0 N–H and O–H groups in total. The highest BCUT2D eigenvalue weighted by Gasteiger charge is 2.57. The van der Waals surface area contributed by atoms with E-state index in [1.165, 1.54) is 13.2 Å². The molecule has 2 aromatic carbocycles.